The van der Waals surface area contributed by atoms with E-state index in [9.17, 15) is 0 Å². The van der Waals surface area contributed by atoms with Crippen LogP contribution in [0.5, 0.6) is 0 Å². The van der Waals surface area contributed by atoms with E-state index in [-0.39, 0.29) is 6.98 Å². The van der Waals surface area contributed by atoms with Gasteiger partial charge in [-0.2, -0.15) is 0 Å². The maximum atomic E-state index is 3.37. The molecular weight excluding hydrogens is 197 g/mol. The zero-order chi connectivity index (χ0) is 11.0. The number of rotatable bonds is 1. The molecule has 16 heavy (non-hydrogen) atoms. The number of nitrogens with one attached hydrogen (secondary N) is 1. The van der Waals surface area contributed by atoms with Crippen LogP contribution >= 0.6 is 0 Å². The van der Waals surface area contributed by atoms with Crippen molar-refractivity contribution >= 4 is 18.5 Å². The van der Waals surface area contributed by atoms with Crippen LogP contribution in [0.25, 0.3) is 6.08 Å². The highest BCUT2D eigenvalue weighted by molar-refractivity contribution is 6.64. The van der Waals surface area contributed by atoms with Crippen LogP contribution in [0.4, 0.5) is 0 Å². The Morgan fingerprint density at radius 2 is 2.19 bits per heavy atom. The normalized spacial score (nSPS) is 13.4. The average Bonchev–Trinajstić information content (AvgIpc) is 2.75. The second kappa shape index (κ2) is 3.56. The fourth-order valence-electron chi connectivity index (χ4n) is 2.10. The standard InChI is InChI=1S/C12H13BN3/c1-15-8-9-16(10-15)13-12-5-3-2-4-11(12)6-7-14-13/h2-10,14H,1H3/q+1. The van der Waals surface area contributed by atoms with Crippen molar-refractivity contribution in [2.45, 2.75) is 0 Å². The van der Waals surface area contributed by atoms with E-state index in [1.54, 1.807) is 0 Å². The van der Waals surface area contributed by atoms with Crippen molar-refractivity contribution < 1.29 is 4.48 Å². The minimum atomic E-state index is 0.197. The third-order valence-electron chi connectivity index (χ3n) is 2.90. The lowest BCUT2D eigenvalue weighted by molar-refractivity contribution is -0.536. The second-order valence-corrected chi connectivity index (χ2v) is 4.06. The number of aromatic nitrogens is 2. The Labute approximate surface area is 95.2 Å². The van der Waals surface area contributed by atoms with E-state index in [1.165, 1.54) is 11.0 Å². The molecule has 1 aromatic carbocycles. The van der Waals surface area contributed by atoms with E-state index in [2.05, 4.69) is 52.6 Å². The SMILES string of the molecule is Cn1cc[n+](B2NC=Cc3ccccc32)c1. The topological polar surface area (TPSA) is 20.8 Å². The Bertz CT molecular complexity index is 545. The van der Waals surface area contributed by atoms with Crippen LogP contribution in [0, 0.1) is 0 Å². The first-order valence-corrected chi connectivity index (χ1v) is 5.39. The van der Waals surface area contributed by atoms with Crippen LogP contribution in [-0.4, -0.2) is 11.5 Å². The van der Waals surface area contributed by atoms with Gasteiger partial charge in [-0.05, 0) is 17.8 Å². The molecule has 1 aliphatic rings. The van der Waals surface area contributed by atoms with E-state index >= 15 is 0 Å². The number of fused-ring (bicyclic) bond motifs is 1. The maximum Gasteiger partial charge on any atom is 0.534 e. The largest absolute Gasteiger partial charge is 0.534 e. The van der Waals surface area contributed by atoms with Gasteiger partial charge in [-0.15, -0.1) is 0 Å². The molecule has 2 heterocycles. The molecule has 4 heteroatoms. The first-order valence-electron chi connectivity index (χ1n) is 5.39. The monoisotopic (exact) mass is 210 g/mol. The Kier molecular flexibility index (Phi) is 2.06. The van der Waals surface area contributed by atoms with Crippen molar-refractivity contribution in [1.82, 2.24) is 9.79 Å². The number of hydrogen-bond acceptors (Lipinski definition) is 1. The van der Waals surface area contributed by atoms with Gasteiger partial charge in [0.25, 0.3) is 0 Å². The van der Waals surface area contributed by atoms with E-state index < -0.39 is 0 Å². The third kappa shape index (κ3) is 1.43. The van der Waals surface area contributed by atoms with Gasteiger partial charge in [-0.25, -0.2) is 4.57 Å². The smallest absolute Gasteiger partial charge is 0.389 e. The maximum absolute atomic E-state index is 3.37. The second-order valence-electron chi connectivity index (χ2n) is 4.06. The summed E-state index contributed by atoms with van der Waals surface area (Å²) in [4.78, 5) is 0. The molecule has 0 bridgehead atoms. The summed E-state index contributed by atoms with van der Waals surface area (Å²) >= 11 is 0. The Hall–Kier alpha value is -1.97. The van der Waals surface area contributed by atoms with Crippen molar-refractivity contribution in [3.63, 3.8) is 0 Å². The lowest BCUT2D eigenvalue weighted by atomic mass is 9.64. The highest BCUT2D eigenvalue weighted by atomic mass is 15.1. The number of nitrogens with zero attached hydrogens (tertiary/aromatic N) is 2. The molecule has 1 N–H and O–H groups in total. The molecule has 0 radical (unpaired) electrons. The molecule has 0 aliphatic carbocycles. The number of imidazole rings is 1. The zero-order valence-electron chi connectivity index (χ0n) is 9.17. The van der Waals surface area contributed by atoms with Gasteiger partial charge in [-0.3, -0.25) is 4.48 Å². The highest BCUT2D eigenvalue weighted by Crippen LogP contribution is 2.02. The predicted molar refractivity (Wildman–Crippen MR) is 65.0 cm³/mol. The lowest BCUT2D eigenvalue weighted by Crippen LogP contribution is -2.66. The Morgan fingerprint density at radius 3 is 3.00 bits per heavy atom. The summed E-state index contributed by atoms with van der Waals surface area (Å²) < 4.78 is 4.21. The summed E-state index contributed by atoms with van der Waals surface area (Å²) in [5.41, 5.74) is 2.59. The molecule has 0 unspecified atom stereocenters. The van der Waals surface area contributed by atoms with Gasteiger partial charge >= 0.3 is 6.98 Å². The van der Waals surface area contributed by atoms with Crippen molar-refractivity contribution in [2.75, 3.05) is 0 Å². The summed E-state index contributed by atoms with van der Waals surface area (Å²) in [5.74, 6) is 0. The molecule has 3 nitrogen and oxygen atoms in total. The summed E-state index contributed by atoms with van der Waals surface area (Å²) in [6.07, 6.45) is 10.3. The fourth-order valence-corrected chi connectivity index (χ4v) is 2.10. The van der Waals surface area contributed by atoms with Crippen molar-refractivity contribution in [1.29, 1.82) is 0 Å². The molecule has 1 aromatic heterocycles. The van der Waals surface area contributed by atoms with E-state index in [0.717, 1.165) is 0 Å². The summed E-state index contributed by atoms with van der Waals surface area (Å²) in [5, 5.41) is 3.37. The van der Waals surface area contributed by atoms with Crippen LogP contribution in [-0.2, 0) is 7.05 Å². The van der Waals surface area contributed by atoms with Crippen molar-refractivity contribution in [3.05, 3.63) is 54.7 Å². The van der Waals surface area contributed by atoms with Gasteiger partial charge in [-0.1, -0.05) is 24.3 Å². The van der Waals surface area contributed by atoms with Crippen LogP contribution < -0.4 is 15.2 Å². The van der Waals surface area contributed by atoms with Gasteiger partial charge in [0.15, 0.2) is 0 Å². The number of hydrogen-bond donors (Lipinski definition) is 1. The molecule has 0 spiro atoms. The Morgan fingerprint density at radius 1 is 1.31 bits per heavy atom. The zero-order valence-corrected chi connectivity index (χ0v) is 9.17. The first kappa shape index (κ1) is 9.27. The quantitative estimate of drug-likeness (QED) is 0.663. The summed E-state index contributed by atoms with van der Waals surface area (Å²) in [7, 11) is 2.03. The van der Waals surface area contributed by atoms with E-state index in [1.807, 2.05) is 24.0 Å². The lowest BCUT2D eigenvalue weighted by Gasteiger charge is -2.15. The minimum Gasteiger partial charge on any atom is -0.389 e. The van der Waals surface area contributed by atoms with Crippen LogP contribution in [0.15, 0.2) is 49.2 Å². The molecule has 1 aliphatic heterocycles. The molecule has 78 valence electrons. The minimum absolute atomic E-state index is 0.197. The fraction of sp³-hybridized carbons (Fsp3) is 0.0833. The molecule has 3 rings (SSSR count). The van der Waals surface area contributed by atoms with Crippen LogP contribution in [0.1, 0.15) is 5.56 Å². The molecule has 0 saturated heterocycles. The number of benzene rings is 1. The van der Waals surface area contributed by atoms with Crippen LogP contribution in [0.2, 0.25) is 0 Å². The molecule has 0 amide bonds. The average molecular weight is 210 g/mol. The van der Waals surface area contributed by atoms with Gasteiger partial charge in [0.1, 0.15) is 12.4 Å². The molecule has 0 fully saturated rings. The predicted octanol–water partition coefficient (Wildman–Crippen LogP) is 0.130. The molecule has 2 aromatic rings. The van der Waals surface area contributed by atoms with Gasteiger partial charge in [0.2, 0.25) is 6.33 Å². The number of aryl methyl sites for hydroxylation is 1. The summed E-state index contributed by atoms with van der Waals surface area (Å²) in [6, 6.07) is 8.46. The summed E-state index contributed by atoms with van der Waals surface area (Å²) in [6.45, 7) is 0.197. The van der Waals surface area contributed by atoms with Crippen molar-refractivity contribution in [3.8, 4) is 0 Å². The molecule has 0 atom stereocenters. The van der Waals surface area contributed by atoms with E-state index in [4.69, 9.17) is 0 Å². The highest BCUT2D eigenvalue weighted by Gasteiger charge is 2.30. The van der Waals surface area contributed by atoms with Gasteiger partial charge < -0.3 is 5.23 Å². The molecular formula is C12H13BN3+. The van der Waals surface area contributed by atoms with E-state index in [0.29, 0.717) is 0 Å². The Balaban J connectivity index is 2.08. The first-order chi connectivity index (χ1) is 7.84. The van der Waals surface area contributed by atoms with Crippen LogP contribution in [0.3, 0.4) is 0 Å². The third-order valence-corrected chi connectivity index (χ3v) is 2.90. The van der Waals surface area contributed by atoms with Gasteiger partial charge in [0.05, 0.1) is 7.05 Å². The van der Waals surface area contributed by atoms with Crippen molar-refractivity contribution in [2.24, 2.45) is 7.05 Å². The molecule has 0 saturated carbocycles. The van der Waals surface area contributed by atoms with Gasteiger partial charge in [0, 0.05) is 5.46 Å².